The highest BCUT2D eigenvalue weighted by atomic mass is 32.1. The minimum atomic E-state index is -1.13. The molecule has 2 aromatic heterocycles. The van der Waals surface area contributed by atoms with Crippen molar-refractivity contribution in [2.24, 2.45) is 0 Å². The zero-order valence-electron chi connectivity index (χ0n) is 9.71. The number of fused-ring (bicyclic) bond motifs is 1. The Balaban J connectivity index is 2.05. The van der Waals surface area contributed by atoms with Gasteiger partial charge in [0.15, 0.2) is 6.23 Å². The summed E-state index contributed by atoms with van der Waals surface area (Å²) in [5.74, 6) is 0. The molecular formula is C11H12N2O4S2. The minimum absolute atomic E-state index is 0.356. The lowest BCUT2D eigenvalue weighted by Gasteiger charge is -2.18. The summed E-state index contributed by atoms with van der Waals surface area (Å²) in [6, 6.07) is 1.77. The summed E-state index contributed by atoms with van der Waals surface area (Å²) in [5, 5.41) is 28.8. The van der Waals surface area contributed by atoms with Crippen molar-refractivity contribution in [2.75, 3.05) is 6.61 Å². The normalized spacial score (nSPS) is 31.1. The van der Waals surface area contributed by atoms with Gasteiger partial charge < -0.3 is 24.6 Å². The number of ether oxygens (including phenoxy) is 1. The van der Waals surface area contributed by atoms with Crippen molar-refractivity contribution < 1.29 is 20.1 Å². The van der Waals surface area contributed by atoms with E-state index in [4.69, 9.17) is 22.1 Å². The Labute approximate surface area is 117 Å². The van der Waals surface area contributed by atoms with Gasteiger partial charge in [-0.2, -0.15) is 0 Å². The van der Waals surface area contributed by atoms with Gasteiger partial charge >= 0.3 is 0 Å². The highest BCUT2D eigenvalue weighted by Gasteiger charge is 2.43. The Morgan fingerprint density at radius 1 is 1.42 bits per heavy atom. The van der Waals surface area contributed by atoms with Gasteiger partial charge in [0.05, 0.1) is 22.3 Å². The maximum absolute atomic E-state index is 9.99. The summed E-state index contributed by atoms with van der Waals surface area (Å²) < 4.78 is 8.36. The van der Waals surface area contributed by atoms with E-state index in [-0.39, 0.29) is 6.61 Å². The first-order valence-electron chi connectivity index (χ1n) is 5.70. The van der Waals surface area contributed by atoms with Crippen LogP contribution in [0.5, 0.6) is 0 Å². The molecule has 0 amide bonds. The molecule has 0 bridgehead atoms. The van der Waals surface area contributed by atoms with Crippen LogP contribution in [0.3, 0.4) is 0 Å². The van der Waals surface area contributed by atoms with E-state index in [1.54, 1.807) is 22.3 Å². The first-order valence-corrected chi connectivity index (χ1v) is 6.99. The van der Waals surface area contributed by atoms with Gasteiger partial charge in [0.2, 0.25) is 0 Å². The molecule has 102 valence electrons. The third-order valence-electron chi connectivity index (χ3n) is 3.21. The van der Waals surface area contributed by atoms with Crippen LogP contribution < -0.4 is 0 Å². The average molecular weight is 300 g/mol. The molecule has 0 radical (unpaired) electrons. The van der Waals surface area contributed by atoms with Crippen LogP contribution in [0.2, 0.25) is 0 Å². The van der Waals surface area contributed by atoms with Crippen LogP contribution in [-0.2, 0) is 4.74 Å². The SMILES string of the molecule is OC[C@H]1O[C@@H](n2ccc3ncsc3c2=S)C(O)C1O. The molecule has 3 N–H and O–H groups in total. The number of nitrogens with zero attached hydrogens (tertiary/aromatic N) is 2. The lowest BCUT2D eigenvalue weighted by Crippen LogP contribution is -2.33. The summed E-state index contributed by atoms with van der Waals surface area (Å²) in [6.07, 6.45) is -2.20. The number of aliphatic hydroxyl groups excluding tert-OH is 3. The van der Waals surface area contributed by atoms with Crippen LogP contribution in [0, 0.1) is 4.64 Å². The van der Waals surface area contributed by atoms with E-state index in [2.05, 4.69) is 4.98 Å². The third-order valence-corrected chi connectivity index (χ3v) is 4.60. The van der Waals surface area contributed by atoms with E-state index >= 15 is 0 Å². The van der Waals surface area contributed by atoms with Crippen molar-refractivity contribution in [3.63, 3.8) is 0 Å². The molecule has 2 unspecified atom stereocenters. The molecule has 0 spiro atoms. The van der Waals surface area contributed by atoms with E-state index < -0.39 is 24.5 Å². The van der Waals surface area contributed by atoms with Crippen LogP contribution in [0.1, 0.15) is 6.23 Å². The Morgan fingerprint density at radius 3 is 2.89 bits per heavy atom. The van der Waals surface area contributed by atoms with Crippen molar-refractivity contribution in [3.05, 3.63) is 22.4 Å². The number of pyridine rings is 1. The molecule has 0 aromatic carbocycles. The minimum Gasteiger partial charge on any atom is -0.394 e. The number of hydrogen-bond donors (Lipinski definition) is 3. The summed E-state index contributed by atoms with van der Waals surface area (Å²) in [7, 11) is 0. The van der Waals surface area contributed by atoms with E-state index in [1.165, 1.54) is 11.3 Å². The smallest absolute Gasteiger partial charge is 0.164 e. The Kier molecular flexibility index (Phi) is 3.37. The third kappa shape index (κ3) is 2.00. The van der Waals surface area contributed by atoms with Crippen LogP contribution in [0.4, 0.5) is 0 Å². The fourth-order valence-electron chi connectivity index (χ4n) is 2.18. The van der Waals surface area contributed by atoms with Crippen molar-refractivity contribution in [1.82, 2.24) is 9.55 Å². The van der Waals surface area contributed by atoms with Gasteiger partial charge in [-0.3, -0.25) is 0 Å². The number of aromatic nitrogens is 2. The van der Waals surface area contributed by atoms with E-state index in [0.717, 1.165) is 10.2 Å². The molecular weight excluding hydrogens is 288 g/mol. The molecule has 19 heavy (non-hydrogen) atoms. The highest BCUT2D eigenvalue weighted by Crippen LogP contribution is 2.31. The molecule has 3 heterocycles. The van der Waals surface area contributed by atoms with Gasteiger partial charge in [0.1, 0.15) is 23.0 Å². The van der Waals surface area contributed by atoms with Gasteiger partial charge in [-0.1, -0.05) is 12.2 Å². The fourth-order valence-corrected chi connectivity index (χ4v) is 3.31. The standard InChI is InChI=1S/C11H12N2O4S2/c14-3-6-7(15)8(16)10(17-6)13-2-1-5-9(11(13)18)19-4-12-5/h1-2,4,6-8,10,14-16H,3H2/t6-,7?,8?,10-/m1/s1. The molecule has 0 aliphatic carbocycles. The van der Waals surface area contributed by atoms with E-state index in [0.29, 0.717) is 4.64 Å². The molecule has 1 fully saturated rings. The fraction of sp³-hybridized carbons (Fsp3) is 0.455. The van der Waals surface area contributed by atoms with Gasteiger partial charge in [-0.15, -0.1) is 11.3 Å². The van der Waals surface area contributed by atoms with Gasteiger partial charge in [-0.05, 0) is 6.07 Å². The van der Waals surface area contributed by atoms with Crippen molar-refractivity contribution in [3.8, 4) is 0 Å². The molecule has 4 atom stereocenters. The Hall–Kier alpha value is -0.900. The van der Waals surface area contributed by atoms with Gasteiger partial charge in [0, 0.05) is 6.20 Å². The quantitative estimate of drug-likeness (QED) is 0.698. The summed E-state index contributed by atoms with van der Waals surface area (Å²) in [4.78, 5) is 4.16. The first kappa shape index (κ1) is 13.1. The number of thiazole rings is 1. The predicted octanol–water partition coefficient (Wildman–Crippen LogP) is 0.439. The Bertz CT molecular complexity index is 655. The number of aliphatic hydroxyl groups is 3. The summed E-state index contributed by atoms with van der Waals surface area (Å²) in [6.45, 7) is -0.356. The van der Waals surface area contributed by atoms with Crippen molar-refractivity contribution >= 4 is 33.8 Å². The molecule has 1 aliphatic rings. The molecule has 8 heteroatoms. The maximum Gasteiger partial charge on any atom is 0.164 e. The second-order valence-corrected chi connectivity index (χ2v) is 5.57. The van der Waals surface area contributed by atoms with Gasteiger partial charge in [0.25, 0.3) is 0 Å². The summed E-state index contributed by atoms with van der Waals surface area (Å²) in [5.41, 5.74) is 2.49. The molecule has 3 rings (SSSR count). The topological polar surface area (TPSA) is 87.7 Å². The Morgan fingerprint density at radius 2 is 2.21 bits per heavy atom. The highest BCUT2D eigenvalue weighted by molar-refractivity contribution is 7.71. The predicted molar refractivity (Wildman–Crippen MR) is 71.5 cm³/mol. The second-order valence-electron chi connectivity index (χ2n) is 4.32. The zero-order valence-corrected chi connectivity index (χ0v) is 11.3. The lowest BCUT2D eigenvalue weighted by molar-refractivity contribution is -0.0533. The zero-order chi connectivity index (χ0) is 13.6. The monoisotopic (exact) mass is 300 g/mol. The molecule has 6 nitrogen and oxygen atoms in total. The van der Waals surface area contributed by atoms with Crippen LogP contribution in [0.25, 0.3) is 10.2 Å². The number of hydrogen-bond acceptors (Lipinski definition) is 7. The van der Waals surface area contributed by atoms with Crippen LogP contribution >= 0.6 is 23.6 Å². The van der Waals surface area contributed by atoms with Crippen LogP contribution in [0.15, 0.2) is 17.8 Å². The van der Waals surface area contributed by atoms with Crippen molar-refractivity contribution in [1.29, 1.82) is 0 Å². The molecule has 1 aliphatic heterocycles. The molecule has 2 aromatic rings. The molecule has 0 saturated carbocycles. The summed E-state index contributed by atoms with van der Waals surface area (Å²) >= 11 is 6.76. The van der Waals surface area contributed by atoms with Crippen molar-refractivity contribution in [2.45, 2.75) is 24.5 Å². The first-order chi connectivity index (χ1) is 9.13. The average Bonchev–Trinajstić information content (AvgIpc) is 2.98. The largest absolute Gasteiger partial charge is 0.394 e. The molecule has 1 saturated heterocycles. The van der Waals surface area contributed by atoms with E-state index in [9.17, 15) is 10.2 Å². The van der Waals surface area contributed by atoms with E-state index in [1.807, 2.05) is 0 Å². The maximum atomic E-state index is 9.99. The van der Waals surface area contributed by atoms with Crippen LogP contribution in [-0.4, -0.2) is 49.8 Å². The second kappa shape index (κ2) is 4.89. The van der Waals surface area contributed by atoms with Gasteiger partial charge in [-0.25, -0.2) is 4.98 Å². The number of rotatable bonds is 2. The lowest BCUT2D eigenvalue weighted by atomic mass is 10.1.